The van der Waals surface area contributed by atoms with E-state index >= 15 is 0 Å². The quantitative estimate of drug-likeness (QED) is 0.0436. The van der Waals surface area contributed by atoms with Crippen LogP contribution in [0.5, 0.6) is 0 Å². The normalized spacial score (nSPS) is 23.9. The van der Waals surface area contributed by atoms with Crippen molar-refractivity contribution in [1.29, 1.82) is 0 Å². The van der Waals surface area contributed by atoms with Crippen LogP contribution in [-0.2, 0) is 40.1 Å². The Morgan fingerprint density at radius 3 is 2.28 bits per heavy atom. The molecule has 0 aliphatic carbocycles. The number of likely N-dealkylation sites (tertiary alicyclic amines) is 3. The molecule has 0 spiro atoms. The molecule has 0 saturated carbocycles. The summed E-state index contributed by atoms with van der Waals surface area (Å²) in [4.78, 5) is 61.6. The largest absolute Gasteiger partial charge is 0.357 e. The number of likely N-dealkylation sites (N-methyl/N-ethyl adjacent to an activating group) is 2. The number of rotatable bonds is 20. The van der Waals surface area contributed by atoms with Gasteiger partial charge in [-0.05, 0) is 154 Å². The first kappa shape index (κ1) is 55.0. The van der Waals surface area contributed by atoms with Gasteiger partial charge in [0.1, 0.15) is 12.6 Å². The van der Waals surface area contributed by atoms with Gasteiger partial charge in [0, 0.05) is 87.2 Å². The van der Waals surface area contributed by atoms with Crippen LogP contribution in [0.3, 0.4) is 0 Å². The molecule has 16 heteroatoms. The van der Waals surface area contributed by atoms with Gasteiger partial charge in [0.2, 0.25) is 23.4 Å². The van der Waals surface area contributed by atoms with Gasteiger partial charge in [-0.1, -0.05) is 62.3 Å². The van der Waals surface area contributed by atoms with Crippen LogP contribution in [0.2, 0.25) is 0 Å². The number of aryl methyl sites for hydroxylation is 1. The van der Waals surface area contributed by atoms with Crippen molar-refractivity contribution in [2.75, 3.05) is 57.5 Å². The van der Waals surface area contributed by atoms with Crippen molar-refractivity contribution < 1.29 is 36.7 Å². The van der Waals surface area contributed by atoms with Crippen LogP contribution >= 0.6 is 45.2 Å². The number of Topliss-reactive ketones (excluding diaryl/α,β-unsaturated/α-hetero) is 1. The highest BCUT2D eigenvalue weighted by Crippen LogP contribution is 2.49. The fraction of sp³-hybridized carbons (Fsp3) is 0.545. The van der Waals surface area contributed by atoms with Gasteiger partial charge in [0.05, 0.1) is 29.8 Å². The molecule has 5 aliphatic heterocycles. The fourth-order valence-corrected chi connectivity index (χ4v) is 14.9. The van der Waals surface area contributed by atoms with Crippen molar-refractivity contribution in [3.05, 3.63) is 102 Å². The van der Waals surface area contributed by atoms with E-state index in [4.69, 9.17) is 0 Å². The van der Waals surface area contributed by atoms with E-state index in [9.17, 15) is 32.1 Å². The average molecular weight is 1220 g/mol. The lowest BCUT2D eigenvalue weighted by Gasteiger charge is -2.31. The fourth-order valence-electron chi connectivity index (χ4n) is 11.9. The number of anilines is 1. The Morgan fingerprint density at radius 2 is 1.54 bits per heavy atom. The molecule has 4 atom stereocenters. The molecule has 3 fully saturated rings. The molecule has 4 unspecified atom stereocenters. The van der Waals surface area contributed by atoms with Crippen LogP contribution in [-0.4, -0.2) is 132 Å². The lowest BCUT2D eigenvalue weighted by Crippen LogP contribution is -2.53. The van der Waals surface area contributed by atoms with Gasteiger partial charge < -0.3 is 20.0 Å². The summed E-state index contributed by atoms with van der Waals surface area (Å²) in [5.41, 5.74) is 7.87. The molecule has 0 radical (unpaired) electrons. The molecule has 71 heavy (non-hydrogen) atoms. The first-order valence-electron chi connectivity index (χ1n) is 25.5. The minimum absolute atomic E-state index is 0.000643. The molecule has 13 nitrogen and oxygen atoms in total. The van der Waals surface area contributed by atoms with Crippen LogP contribution in [0, 0.1) is 14.1 Å². The summed E-state index contributed by atoms with van der Waals surface area (Å²) in [5, 5.41) is 2.69. The Kier molecular flexibility index (Phi) is 18.3. The minimum Gasteiger partial charge on any atom is -0.357 e. The Hall–Kier alpha value is -3.72. The number of halogens is 2. The molecule has 384 valence electrons. The van der Waals surface area contributed by atoms with Gasteiger partial charge in [-0.3, -0.25) is 28.6 Å². The SMILES string of the molecule is CNC(=O)C1CCCN1C(=O)C1CCCN1CC(=O)C1CCCN1C(=O)CCCCC[N+]1=C(/C=C/C=C/C=C/C=C2\N(C)c3cc(I)cc(I)c3C2(C)C)C(C)(CCCCS(=O)(=O)O)c2cc(C)ccc21. The van der Waals surface area contributed by atoms with Gasteiger partial charge in [0.15, 0.2) is 11.5 Å². The molecular weight excluding hydrogens is 1140 g/mol. The first-order valence-corrected chi connectivity index (χ1v) is 29.3. The monoisotopic (exact) mass is 1220 g/mol. The first-order chi connectivity index (χ1) is 33.8. The molecule has 2 N–H and O–H groups in total. The summed E-state index contributed by atoms with van der Waals surface area (Å²) in [6, 6.07) is 9.65. The molecule has 2 aromatic rings. The smallest absolute Gasteiger partial charge is 0.264 e. The zero-order valence-electron chi connectivity index (χ0n) is 42.4. The van der Waals surface area contributed by atoms with Crippen molar-refractivity contribution in [1.82, 2.24) is 20.0 Å². The maximum Gasteiger partial charge on any atom is 0.264 e. The summed E-state index contributed by atoms with van der Waals surface area (Å²) in [6.07, 6.45) is 23.3. The lowest BCUT2D eigenvalue weighted by atomic mass is 9.75. The number of fused-ring (bicyclic) bond motifs is 2. The zero-order chi connectivity index (χ0) is 51.3. The molecule has 5 aliphatic rings. The highest BCUT2D eigenvalue weighted by molar-refractivity contribution is 14.1. The van der Waals surface area contributed by atoms with E-state index in [0.29, 0.717) is 71.0 Å². The number of unbranched alkanes of at least 4 members (excludes halogenated alkanes) is 3. The number of ketones is 1. The second-order valence-electron chi connectivity index (χ2n) is 20.7. The molecule has 3 saturated heterocycles. The molecule has 0 bridgehead atoms. The Bertz CT molecular complexity index is 2640. The number of carbonyl (C=O) groups is 4. The second-order valence-corrected chi connectivity index (χ2v) is 24.7. The van der Waals surface area contributed by atoms with Crippen molar-refractivity contribution in [3.63, 3.8) is 0 Å². The van der Waals surface area contributed by atoms with E-state index in [1.807, 2.05) is 17.1 Å². The van der Waals surface area contributed by atoms with E-state index in [-0.39, 0.29) is 41.2 Å². The lowest BCUT2D eigenvalue weighted by molar-refractivity contribution is -0.438. The topological polar surface area (TPSA) is 151 Å². The Labute approximate surface area is 449 Å². The van der Waals surface area contributed by atoms with Gasteiger partial charge in [-0.15, -0.1) is 0 Å². The standard InChI is InChI=1S/C55H72I2N6O7S/c1-38-26-27-42-40(34-38)55(4,28-14-16-33-71(68,69)70)49(24-12-9-7-8-11-23-48-54(2,3)51-41(57)35-39(56)36-46(51)59(48)6)61(42)30-15-10-13-25-50(65)62-31-18-20-43(62)47(64)37-60-29-17-22-45(60)53(67)63-32-19-21-44(63)52(66)58-5/h7-9,11-12,23-24,26-27,34-36,43-45H,10,13-22,25,28-33,37H2,1-6H3,(H-,58,66,68,69,70)/p+1. The van der Waals surface area contributed by atoms with Crippen LogP contribution < -0.4 is 10.2 Å². The van der Waals surface area contributed by atoms with E-state index in [2.05, 4.69) is 155 Å². The molecular formula is C55H73I2N6O7S+. The van der Waals surface area contributed by atoms with Crippen LogP contribution in [0.4, 0.5) is 11.4 Å². The summed E-state index contributed by atoms with van der Waals surface area (Å²) < 4.78 is 37.7. The van der Waals surface area contributed by atoms with Crippen LogP contribution in [0.1, 0.15) is 121 Å². The number of allylic oxidation sites excluding steroid dienone is 8. The average Bonchev–Trinajstić information content (AvgIpc) is 4.16. The summed E-state index contributed by atoms with van der Waals surface area (Å²) >= 11 is 4.84. The van der Waals surface area contributed by atoms with E-state index in [1.165, 1.54) is 29.7 Å². The highest BCUT2D eigenvalue weighted by atomic mass is 127. The van der Waals surface area contributed by atoms with Crippen molar-refractivity contribution in [3.8, 4) is 0 Å². The number of nitrogens with one attached hydrogen (secondary N) is 1. The summed E-state index contributed by atoms with van der Waals surface area (Å²) in [5.74, 6) is -0.504. The molecule has 5 heterocycles. The van der Waals surface area contributed by atoms with Crippen LogP contribution in [0.25, 0.3) is 0 Å². The van der Waals surface area contributed by atoms with Gasteiger partial charge >= 0.3 is 0 Å². The number of carbonyl (C=O) groups excluding carboxylic acids is 4. The van der Waals surface area contributed by atoms with E-state index < -0.39 is 33.7 Å². The van der Waals surface area contributed by atoms with Crippen molar-refractivity contribution in [2.24, 2.45) is 0 Å². The molecule has 7 rings (SSSR count). The maximum atomic E-state index is 13.9. The second kappa shape index (κ2) is 23.7. The summed E-state index contributed by atoms with van der Waals surface area (Å²) in [6.45, 7) is 11.5. The van der Waals surface area contributed by atoms with E-state index in [0.717, 1.165) is 55.6 Å². The predicted molar refractivity (Wildman–Crippen MR) is 299 cm³/mol. The Morgan fingerprint density at radius 1 is 0.845 bits per heavy atom. The third-order valence-corrected chi connectivity index (χ3v) is 17.8. The van der Waals surface area contributed by atoms with Crippen LogP contribution in [0.15, 0.2) is 78.6 Å². The number of hydrogen-bond donors (Lipinski definition) is 2. The Balaban J connectivity index is 0.996. The van der Waals surface area contributed by atoms with Gasteiger partial charge in [-0.25, -0.2) is 0 Å². The maximum absolute atomic E-state index is 13.9. The van der Waals surface area contributed by atoms with Gasteiger partial charge in [-0.2, -0.15) is 13.0 Å². The van der Waals surface area contributed by atoms with Crippen molar-refractivity contribution in [2.45, 2.75) is 140 Å². The summed E-state index contributed by atoms with van der Waals surface area (Å²) in [7, 11) is -0.339. The number of nitrogens with zero attached hydrogens (tertiary/aromatic N) is 5. The van der Waals surface area contributed by atoms with Crippen molar-refractivity contribution >= 4 is 95.9 Å². The third-order valence-electron chi connectivity index (χ3n) is 15.5. The molecule has 2 aromatic carbocycles. The zero-order valence-corrected chi connectivity index (χ0v) is 47.5. The van der Waals surface area contributed by atoms with Gasteiger partial charge in [0.25, 0.3) is 10.1 Å². The highest BCUT2D eigenvalue weighted by Gasteiger charge is 2.48. The predicted octanol–water partition coefficient (Wildman–Crippen LogP) is 8.92. The molecule has 0 aromatic heterocycles. The number of benzene rings is 2. The minimum atomic E-state index is -4.07. The molecule has 3 amide bonds. The number of hydrogen-bond acceptors (Lipinski definition) is 8. The number of amides is 3. The third kappa shape index (κ3) is 12.5. The van der Waals surface area contributed by atoms with E-state index in [1.54, 1.807) is 16.8 Å².